The van der Waals surface area contributed by atoms with Crippen LogP contribution in [0.25, 0.3) is 0 Å². The topological polar surface area (TPSA) is 17.1 Å². The van der Waals surface area contributed by atoms with E-state index in [2.05, 4.69) is 0 Å². The molecule has 4 unspecified atom stereocenters. The average Bonchev–Trinajstić information content (AvgIpc) is 2.38. The largest absolute Gasteiger partial charge is 0.260 e. The summed E-state index contributed by atoms with van der Waals surface area (Å²) in [7, 11) is -0.518. The lowest BCUT2D eigenvalue weighted by molar-refractivity contribution is 0.595. The van der Waals surface area contributed by atoms with Crippen LogP contribution < -0.4 is 0 Å². The van der Waals surface area contributed by atoms with Gasteiger partial charge in [-0.3, -0.25) is 4.21 Å². The fourth-order valence-corrected chi connectivity index (χ4v) is 5.11. The van der Waals surface area contributed by atoms with Crippen molar-refractivity contribution in [3.63, 3.8) is 0 Å². The van der Waals surface area contributed by atoms with E-state index in [9.17, 15) is 4.21 Å². The fourth-order valence-electron chi connectivity index (χ4n) is 3.50. The highest BCUT2D eigenvalue weighted by atomic mass is 32.2. The molecular weight excluding hydrogens is 144 g/mol. The maximum Gasteiger partial charge on any atom is 0.0407 e. The van der Waals surface area contributed by atoms with E-state index in [-0.39, 0.29) is 0 Å². The zero-order valence-electron chi connectivity index (χ0n) is 6.12. The maximum absolute atomic E-state index is 11.2. The summed E-state index contributed by atoms with van der Waals surface area (Å²) >= 11 is 0. The minimum Gasteiger partial charge on any atom is -0.260 e. The molecule has 0 amide bonds. The summed E-state index contributed by atoms with van der Waals surface area (Å²) in [6.45, 7) is 0. The van der Waals surface area contributed by atoms with Crippen LogP contribution in [0.15, 0.2) is 0 Å². The quantitative estimate of drug-likeness (QED) is 0.554. The van der Waals surface area contributed by atoms with Crippen molar-refractivity contribution < 1.29 is 4.21 Å². The minimum atomic E-state index is -0.518. The van der Waals surface area contributed by atoms with Crippen LogP contribution in [0.3, 0.4) is 0 Å². The molecule has 0 aromatic carbocycles. The highest BCUT2D eigenvalue weighted by molar-refractivity contribution is 7.85. The highest BCUT2D eigenvalue weighted by Crippen LogP contribution is 2.71. The normalized spacial score (nSPS) is 64.7. The van der Waals surface area contributed by atoms with Gasteiger partial charge in [-0.05, 0) is 36.5 Å². The Balaban J connectivity index is 1.97. The first-order valence-electron chi connectivity index (χ1n) is 4.11. The lowest BCUT2D eigenvalue weighted by Gasteiger charge is -2.09. The van der Waals surface area contributed by atoms with Gasteiger partial charge in [0.2, 0.25) is 0 Å². The van der Waals surface area contributed by atoms with Crippen LogP contribution >= 0.6 is 0 Å². The van der Waals surface area contributed by atoms with Crippen molar-refractivity contribution in [3.05, 3.63) is 0 Å². The zero-order chi connectivity index (χ0) is 6.88. The monoisotopic (exact) mass is 156 g/mol. The summed E-state index contributed by atoms with van der Waals surface area (Å²) in [5.74, 6) is 3.83. The lowest BCUT2D eigenvalue weighted by Crippen LogP contribution is -2.17. The van der Waals surface area contributed by atoms with E-state index in [1.165, 1.54) is 12.8 Å². The van der Waals surface area contributed by atoms with Crippen molar-refractivity contribution in [3.8, 4) is 0 Å². The van der Waals surface area contributed by atoms with Crippen LogP contribution in [0.5, 0.6) is 0 Å². The molecule has 0 heterocycles. The van der Waals surface area contributed by atoms with Gasteiger partial charge >= 0.3 is 0 Å². The third kappa shape index (κ3) is 0.458. The van der Waals surface area contributed by atoms with Crippen molar-refractivity contribution in [1.29, 1.82) is 0 Å². The summed E-state index contributed by atoms with van der Waals surface area (Å²) < 4.78 is 11.2. The molecule has 10 heavy (non-hydrogen) atoms. The number of hydrogen-bond donors (Lipinski definition) is 0. The second-order valence-corrected chi connectivity index (χ2v) is 5.64. The van der Waals surface area contributed by atoms with Gasteiger partial charge < -0.3 is 0 Å². The maximum atomic E-state index is 11.2. The molecule has 0 aromatic heterocycles. The number of hydrogen-bond acceptors (Lipinski definition) is 1. The molecule has 4 bridgehead atoms. The third-order valence-electron chi connectivity index (χ3n) is 3.77. The van der Waals surface area contributed by atoms with Crippen LogP contribution in [0.4, 0.5) is 0 Å². The van der Waals surface area contributed by atoms with Gasteiger partial charge in [0.15, 0.2) is 0 Å². The second kappa shape index (κ2) is 1.50. The van der Waals surface area contributed by atoms with Crippen LogP contribution in [0.1, 0.15) is 12.8 Å². The number of rotatable bonds is 1. The summed E-state index contributed by atoms with van der Waals surface area (Å²) in [6.07, 6.45) is 4.72. The molecule has 0 spiro atoms. The summed E-state index contributed by atoms with van der Waals surface area (Å²) in [4.78, 5) is 0. The van der Waals surface area contributed by atoms with Crippen LogP contribution in [0.2, 0.25) is 0 Å². The van der Waals surface area contributed by atoms with Crippen molar-refractivity contribution in [2.24, 2.45) is 23.7 Å². The molecule has 2 heteroatoms. The molecule has 4 rings (SSSR count). The minimum absolute atomic E-state index is 0.518. The van der Waals surface area contributed by atoms with Gasteiger partial charge in [0, 0.05) is 22.3 Å². The molecule has 4 saturated carbocycles. The molecule has 4 aliphatic rings. The Morgan fingerprint density at radius 3 is 2.10 bits per heavy atom. The van der Waals surface area contributed by atoms with E-state index in [4.69, 9.17) is 0 Å². The summed E-state index contributed by atoms with van der Waals surface area (Å²) in [6, 6.07) is 0. The van der Waals surface area contributed by atoms with Crippen molar-refractivity contribution in [2.75, 3.05) is 6.26 Å². The first-order chi connectivity index (χ1) is 4.79. The fraction of sp³-hybridized carbons (Fsp3) is 1.00. The lowest BCUT2D eigenvalue weighted by atomic mass is 10.1. The Hall–Kier alpha value is 0.150. The van der Waals surface area contributed by atoms with Crippen molar-refractivity contribution >= 4 is 10.8 Å². The molecule has 4 aliphatic carbocycles. The van der Waals surface area contributed by atoms with Gasteiger partial charge in [0.25, 0.3) is 0 Å². The zero-order valence-corrected chi connectivity index (χ0v) is 6.93. The molecule has 0 radical (unpaired) electrons. The Bertz CT molecular complexity index is 199. The smallest absolute Gasteiger partial charge is 0.0407 e. The van der Waals surface area contributed by atoms with Crippen molar-refractivity contribution in [2.45, 2.75) is 18.1 Å². The highest BCUT2D eigenvalue weighted by Gasteiger charge is 2.69. The van der Waals surface area contributed by atoms with E-state index in [1.54, 1.807) is 0 Å². The molecule has 0 N–H and O–H groups in total. The molecule has 0 saturated heterocycles. The molecule has 0 aliphatic heterocycles. The Labute approximate surface area is 63.7 Å². The van der Waals surface area contributed by atoms with Gasteiger partial charge in [0.1, 0.15) is 0 Å². The first-order valence-corrected chi connectivity index (χ1v) is 5.73. The van der Waals surface area contributed by atoms with Crippen molar-refractivity contribution in [1.82, 2.24) is 0 Å². The van der Waals surface area contributed by atoms with Gasteiger partial charge in [-0.15, -0.1) is 0 Å². The van der Waals surface area contributed by atoms with E-state index < -0.39 is 10.8 Å². The summed E-state index contributed by atoms with van der Waals surface area (Å²) in [5, 5.41) is 0.620. The van der Waals surface area contributed by atoms with Gasteiger partial charge in [-0.25, -0.2) is 0 Å². The predicted molar refractivity (Wildman–Crippen MR) is 41.0 cm³/mol. The first kappa shape index (κ1) is 5.76. The Morgan fingerprint density at radius 2 is 1.90 bits per heavy atom. The van der Waals surface area contributed by atoms with Gasteiger partial charge in [-0.2, -0.15) is 0 Å². The average molecular weight is 156 g/mol. The summed E-state index contributed by atoms with van der Waals surface area (Å²) in [5.41, 5.74) is 0. The van der Waals surface area contributed by atoms with E-state index in [1.807, 2.05) is 6.26 Å². The van der Waals surface area contributed by atoms with Crippen LogP contribution in [-0.4, -0.2) is 15.7 Å². The van der Waals surface area contributed by atoms with E-state index in [0.717, 1.165) is 23.7 Å². The molecule has 4 fully saturated rings. The second-order valence-electron chi connectivity index (χ2n) is 4.10. The van der Waals surface area contributed by atoms with Gasteiger partial charge in [-0.1, -0.05) is 0 Å². The predicted octanol–water partition coefficient (Wildman–Crippen LogP) is 1.02. The SMILES string of the molecule is CS(=O)C1C2CC3C(C2)C31. The third-order valence-corrected chi connectivity index (χ3v) is 5.24. The van der Waals surface area contributed by atoms with Gasteiger partial charge in [0.05, 0.1) is 0 Å². The Morgan fingerprint density at radius 1 is 1.30 bits per heavy atom. The molecule has 4 atom stereocenters. The van der Waals surface area contributed by atoms with E-state index >= 15 is 0 Å². The molecule has 0 aromatic rings. The molecule has 1 nitrogen and oxygen atoms in total. The molecule has 56 valence electrons. The van der Waals surface area contributed by atoms with E-state index in [0.29, 0.717) is 5.25 Å². The van der Waals surface area contributed by atoms with Crippen LogP contribution in [0, 0.1) is 23.7 Å². The standard InChI is InChI=1S/C8H12OS/c1-10(9)8-4-2-5-6(3-4)7(5)8/h4-8H,2-3H2,1H3. The Kier molecular flexibility index (Phi) is 0.862. The molecular formula is C8H12OS. The van der Waals surface area contributed by atoms with Crippen LogP contribution in [-0.2, 0) is 10.8 Å².